The van der Waals surface area contributed by atoms with Gasteiger partial charge in [-0.3, -0.25) is 4.79 Å². The van der Waals surface area contributed by atoms with Crippen LogP contribution >= 0.6 is 0 Å². The van der Waals surface area contributed by atoms with Gasteiger partial charge in [0.05, 0.1) is 6.61 Å². The number of carbonyl (C=O) groups is 2. The van der Waals surface area contributed by atoms with Crippen molar-refractivity contribution < 1.29 is 23.1 Å². The summed E-state index contributed by atoms with van der Waals surface area (Å²) in [5.74, 6) is -4.51. The van der Waals surface area contributed by atoms with Crippen molar-refractivity contribution in [1.82, 2.24) is 4.90 Å². The Bertz CT molecular complexity index is 258. The van der Waals surface area contributed by atoms with Gasteiger partial charge in [0.25, 0.3) is 5.92 Å². The topological polar surface area (TPSA) is 46.6 Å². The number of carbonyl (C=O) groups excluding carboxylic acids is 2. The van der Waals surface area contributed by atoms with E-state index in [1.807, 2.05) is 0 Å². The number of hydrogen-bond donors (Lipinski definition) is 0. The number of likely N-dealkylation sites (tertiary alicyclic amines) is 1. The third kappa shape index (κ3) is 3.14. The van der Waals surface area contributed by atoms with Gasteiger partial charge in [-0.15, -0.1) is 0 Å². The molecule has 15 heavy (non-hydrogen) atoms. The van der Waals surface area contributed by atoms with Crippen LogP contribution in [0.25, 0.3) is 0 Å². The molecule has 0 aliphatic carbocycles. The lowest BCUT2D eigenvalue weighted by atomic mass is 10.1. The highest BCUT2D eigenvalue weighted by molar-refractivity contribution is 6.32. The molecule has 1 fully saturated rings. The maximum absolute atomic E-state index is 12.7. The number of halogens is 2. The van der Waals surface area contributed by atoms with Gasteiger partial charge in [0, 0.05) is 25.9 Å². The van der Waals surface area contributed by atoms with Crippen LogP contribution in [0.1, 0.15) is 19.8 Å². The van der Waals surface area contributed by atoms with Gasteiger partial charge >= 0.3 is 11.9 Å². The fourth-order valence-electron chi connectivity index (χ4n) is 1.36. The third-order valence-corrected chi connectivity index (χ3v) is 2.23. The van der Waals surface area contributed by atoms with E-state index >= 15 is 0 Å². The molecule has 0 unspecified atom stereocenters. The Morgan fingerprint density at radius 3 is 2.33 bits per heavy atom. The van der Waals surface area contributed by atoms with E-state index in [0.717, 1.165) is 4.90 Å². The first-order valence-electron chi connectivity index (χ1n) is 4.80. The number of esters is 1. The summed E-state index contributed by atoms with van der Waals surface area (Å²) in [6.07, 6.45) is -0.781. The van der Waals surface area contributed by atoms with Gasteiger partial charge in [-0.1, -0.05) is 0 Å². The number of piperidine rings is 1. The SMILES string of the molecule is CCOC(=O)C(=O)N1CCC(F)(F)CC1. The molecule has 6 heteroatoms. The Hall–Kier alpha value is -1.20. The minimum Gasteiger partial charge on any atom is -0.459 e. The van der Waals surface area contributed by atoms with Gasteiger partial charge in [-0.25, -0.2) is 13.6 Å². The third-order valence-electron chi connectivity index (χ3n) is 2.23. The number of hydrogen-bond acceptors (Lipinski definition) is 3. The van der Waals surface area contributed by atoms with Crippen molar-refractivity contribution in [2.24, 2.45) is 0 Å². The molecule has 1 saturated heterocycles. The van der Waals surface area contributed by atoms with E-state index in [2.05, 4.69) is 4.74 Å². The number of ether oxygens (including phenoxy) is 1. The molecule has 0 N–H and O–H groups in total. The van der Waals surface area contributed by atoms with Gasteiger partial charge < -0.3 is 9.64 Å². The monoisotopic (exact) mass is 221 g/mol. The number of amides is 1. The van der Waals surface area contributed by atoms with Gasteiger partial charge in [0.15, 0.2) is 0 Å². The standard InChI is InChI=1S/C9H13F2NO3/c1-2-15-8(14)7(13)12-5-3-9(10,11)4-6-12/h2-6H2,1H3. The first-order valence-corrected chi connectivity index (χ1v) is 4.80. The molecule has 0 aromatic heterocycles. The number of nitrogens with zero attached hydrogens (tertiary/aromatic N) is 1. The zero-order valence-electron chi connectivity index (χ0n) is 8.46. The van der Waals surface area contributed by atoms with E-state index < -0.39 is 30.6 Å². The molecule has 0 radical (unpaired) electrons. The second-order valence-electron chi connectivity index (χ2n) is 3.37. The smallest absolute Gasteiger partial charge is 0.397 e. The molecule has 1 rings (SSSR count). The van der Waals surface area contributed by atoms with Gasteiger partial charge in [-0.05, 0) is 6.92 Å². The van der Waals surface area contributed by atoms with Crippen LogP contribution in [-0.4, -0.2) is 42.4 Å². The van der Waals surface area contributed by atoms with Crippen LogP contribution in [0.2, 0.25) is 0 Å². The summed E-state index contributed by atoms with van der Waals surface area (Å²) in [6, 6.07) is 0. The predicted octanol–water partition coefficient (Wildman–Crippen LogP) is 0.807. The summed E-state index contributed by atoms with van der Waals surface area (Å²) >= 11 is 0. The Kier molecular flexibility index (Phi) is 3.60. The molecule has 0 bridgehead atoms. The van der Waals surface area contributed by atoms with Crippen molar-refractivity contribution in [3.8, 4) is 0 Å². The van der Waals surface area contributed by atoms with Crippen LogP contribution in [0.5, 0.6) is 0 Å². The van der Waals surface area contributed by atoms with Crippen LogP contribution in [-0.2, 0) is 14.3 Å². The highest BCUT2D eigenvalue weighted by Crippen LogP contribution is 2.27. The number of rotatable bonds is 1. The summed E-state index contributed by atoms with van der Waals surface area (Å²) in [7, 11) is 0. The van der Waals surface area contributed by atoms with Crippen molar-refractivity contribution in [1.29, 1.82) is 0 Å². The lowest BCUT2D eigenvalue weighted by Gasteiger charge is -2.30. The predicted molar refractivity (Wildman–Crippen MR) is 47.4 cm³/mol. The average Bonchev–Trinajstić information content (AvgIpc) is 2.17. The Balaban J connectivity index is 2.46. The minimum absolute atomic E-state index is 0.0926. The first kappa shape index (κ1) is 11.9. The maximum atomic E-state index is 12.7. The Morgan fingerprint density at radius 2 is 1.87 bits per heavy atom. The highest BCUT2D eigenvalue weighted by Gasteiger charge is 2.37. The van der Waals surface area contributed by atoms with E-state index in [9.17, 15) is 18.4 Å². The van der Waals surface area contributed by atoms with Gasteiger partial charge in [0.2, 0.25) is 0 Å². The van der Waals surface area contributed by atoms with E-state index in [1.165, 1.54) is 0 Å². The first-order chi connectivity index (χ1) is 6.96. The molecule has 1 heterocycles. The van der Waals surface area contributed by atoms with Crippen LogP contribution in [0, 0.1) is 0 Å². The van der Waals surface area contributed by atoms with Crippen molar-refractivity contribution in [2.45, 2.75) is 25.7 Å². The summed E-state index contributed by atoms with van der Waals surface area (Å²) < 4.78 is 30.0. The molecule has 1 aliphatic heterocycles. The summed E-state index contributed by atoms with van der Waals surface area (Å²) in [6.45, 7) is 1.50. The maximum Gasteiger partial charge on any atom is 0.397 e. The highest BCUT2D eigenvalue weighted by atomic mass is 19.3. The minimum atomic E-state index is -2.72. The van der Waals surface area contributed by atoms with Crippen molar-refractivity contribution in [3.05, 3.63) is 0 Å². The van der Waals surface area contributed by atoms with E-state index in [1.54, 1.807) is 6.92 Å². The van der Waals surface area contributed by atoms with Gasteiger partial charge in [0.1, 0.15) is 0 Å². The summed E-state index contributed by atoms with van der Waals surface area (Å²) in [4.78, 5) is 23.4. The molecule has 1 amide bonds. The molecular formula is C9H13F2NO3. The Morgan fingerprint density at radius 1 is 1.33 bits per heavy atom. The van der Waals surface area contributed by atoms with E-state index in [-0.39, 0.29) is 19.7 Å². The molecule has 1 aliphatic rings. The largest absolute Gasteiger partial charge is 0.459 e. The molecule has 4 nitrogen and oxygen atoms in total. The Labute approximate surface area is 86.2 Å². The van der Waals surface area contributed by atoms with Crippen LogP contribution in [0.4, 0.5) is 8.78 Å². The quantitative estimate of drug-likeness (QED) is 0.486. The molecule has 0 aromatic carbocycles. The summed E-state index contributed by atoms with van der Waals surface area (Å²) in [5.41, 5.74) is 0. The zero-order valence-corrected chi connectivity index (χ0v) is 8.46. The number of alkyl halides is 2. The van der Waals surface area contributed by atoms with E-state index in [0.29, 0.717) is 0 Å². The fraction of sp³-hybridized carbons (Fsp3) is 0.778. The summed E-state index contributed by atoms with van der Waals surface area (Å²) in [5, 5.41) is 0. The average molecular weight is 221 g/mol. The molecule has 86 valence electrons. The molecular weight excluding hydrogens is 208 g/mol. The van der Waals surface area contributed by atoms with Gasteiger partial charge in [-0.2, -0.15) is 0 Å². The lowest BCUT2D eigenvalue weighted by molar-refractivity contribution is -0.162. The fourth-order valence-corrected chi connectivity index (χ4v) is 1.36. The second-order valence-corrected chi connectivity index (χ2v) is 3.37. The molecule has 0 saturated carbocycles. The van der Waals surface area contributed by atoms with Crippen LogP contribution < -0.4 is 0 Å². The molecule has 0 aromatic rings. The van der Waals surface area contributed by atoms with Crippen LogP contribution in [0.3, 0.4) is 0 Å². The van der Waals surface area contributed by atoms with E-state index in [4.69, 9.17) is 0 Å². The normalized spacial score (nSPS) is 19.8. The second kappa shape index (κ2) is 4.55. The van der Waals surface area contributed by atoms with Crippen molar-refractivity contribution in [3.63, 3.8) is 0 Å². The van der Waals surface area contributed by atoms with Crippen molar-refractivity contribution in [2.75, 3.05) is 19.7 Å². The van der Waals surface area contributed by atoms with Crippen LogP contribution in [0.15, 0.2) is 0 Å². The van der Waals surface area contributed by atoms with Crippen molar-refractivity contribution >= 4 is 11.9 Å². The molecule has 0 spiro atoms. The molecule has 0 atom stereocenters. The lowest BCUT2D eigenvalue weighted by Crippen LogP contribution is -2.45. The zero-order chi connectivity index (χ0) is 11.5.